The van der Waals surface area contributed by atoms with Crippen LogP contribution in [0.3, 0.4) is 0 Å². The summed E-state index contributed by atoms with van der Waals surface area (Å²) in [6.07, 6.45) is 0. The van der Waals surface area contributed by atoms with Crippen LogP contribution in [0.15, 0.2) is 27.8 Å². The van der Waals surface area contributed by atoms with Gasteiger partial charge >= 0.3 is 11.7 Å². The first-order valence-electron chi connectivity index (χ1n) is 6.46. The van der Waals surface area contributed by atoms with E-state index in [9.17, 15) is 23.6 Å². The number of carbonyl (C=O) groups is 2. The highest BCUT2D eigenvalue weighted by Gasteiger charge is 2.21. The second kappa shape index (κ2) is 6.67. The molecule has 2 rings (SSSR count). The lowest BCUT2D eigenvalue weighted by Gasteiger charge is -2.08. The molecule has 1 aromatic carbocycles. The number of nitrogen functional groups attached to an aromatic ring is 1. The minimum atomic E-state index is -1.11. The minimum absolute atomic E-state index is 0.0876. The number of benzene rings is 1. The van der Waals surface area contributed by atoms with Crippen LogP contribution in [-0.4, -0.2) is 27.9 Å². The van der Waals surface area contributed by atoms with E-state index in [0.717, 1.165) is 16.7 Å². The predicted molar refractivity (Wildman–Crippen MR) is 82.7 cm³/mol. The maximum atomic E-state index is 13.6. The molecule has 0 fully saturated rings. The van der Waals surface area contributed by atoms with Crippen LogP contribution in [0, 0.1) is 5.82 Å². The summed E-state index contributed by atoms with van der Waals surface area (Å²) in [7, 11) is 1.25. The van der Waals surface area contributed by atoms with Crippen molar-refractivity contribution in [3.8, 4) is 0 Å². The van der Waals surface area contributed by atoms with Gasteiger partial charge in [0.2, 0.25) is 5.78 Å². The zero-order valence-corrected chi connectivity index (χ0v) is 13.0. The predicted octanol–water partition coefficient (Wildman–Crippen LogP) is 0.488. The number of aromatic amines is 1. The normalized spacial score (nSPS) is 10.5. The van der Waals surface area contributed by atoms with Crippen molar-refractivity contribution in [2.45, 2.75) is 0 Å². The lowest BCUT2D eigenvalue weighted by Crippen LogP contribution is -2.35. The van der Waals surface area contributed by atoms with Gasteiger partial charge in [-0.05, 0) is 18.2 Å². The fraction of sp³-hybridized carbons (Fsp3) is 0.143. The van der Waals surface area contributed by atoms with E-state index < -0.39 is 46.6 Å². The van der Waals surface area contributed by atoms with E-state index in [0.29, 0.717) is 0 Å². The lowest BCUT2D eigenvalue weighted by molar-refractivity contribution is 0.0469. The number of rotatable bonds is 4. The zero-order chi connectivity index (χ0) is 18.0. The lowest BCUT2D eigenvalue weighted by atomic mass is 10.2. The largest absolute Gasteiger partial charge is 0.454 e. The summed E-state index contributed by atoms with van der Waals surface area (Å²) in [5, 5.41) is 0.0876. The summed E-state index contributed by atoms with van der Waals surface area (Å²) in [6.45, 7) is -0.855. The van der Waals surface area contributed by atoms with E-state index in [1.54, 1.807) is 0 Å². The van der Waals surface area contributed by atoms with Crippen molar-refractivity contribution in [2.24, 2.45) is 7.05 Å². The molecular weight excluding hydrogens is 345 g/mol. The Morgan fingerprint density at radius 3 is 2.67 bits per heavy atom. The molecular formula is C14H11ClFN3O5. The topological polar surface area (TPSA) is 124 Å². The molecule has 0 amide bonds. The van der Waals surface area contributed by atoms with Crippen molar-refractivity contribution in [1.82, 2.24) is 9.55 Å². The van der Waals surface area contributed by atoms with Gasteiger partial charge in [0.1, 0.15) is 17.2 Å². The molecule has 3 N–H and O–H groups in total. The first kappa shape index (κ1) is 17.4. The number of halogens is 2. The fourth-order valence-electron chi connectivity index (χ4n) is 1.84. The molecule has 0 saturated heterocycles. The summed E-state index contributed by atoms with van der Waals surface area (Å²) < 4.78 is 19.1. The first-order valence-corrected chi connectivity index (χ1v) is 6.84. The van der Waals surface area contributed by atoms with Gasteiger partial charge in [-0.3, -0.25) is 19.1 Å². The Balaban J connectivity index is 2.20. The average Bonchev–Trinajstić information content (AvgIpc) is 2.50. The highest BCUT2D eigenvalue weighted by molar-refractivity contribution is 6.30. The van der Waals surface area contributed by atoms with Crippen LogP contribution in [0.25, 0.3) is 0 Å². The molecule has 8 nitrogen and oxygen atoms in total. The number of H-pyrrole nitrogens is 1. The molecule has 0 spiro atoms. The SMILES string of the molecule is Cn1c(N)c(C(=O)COC(=O)c2ccc(Cl)cc2F)c(=O)[nH]c1=O. The molecule has 0 aliphatic heterocycles. The maximum absolute atomic E-state index is 13.6. The van der Waals surface area contributed by atoms with Crippen molar-refractivity contribution >= 4 is 29.2 Å². The summed E-state index contributed by atoms with van der Waals surface area (Å²) >= 11 is 5.57. The van der Waals surface area contributed by atoms with E-state index >= 15 is 0 Å². The van der Waals surface area contributed by atoms with Gasteiger partial charge in [-0.25, -0.2) is 14.0 Å². The summed E-state index contributed by atoms with van der Waals surface area (Å²) in [4.78, 5) is 48.7. The highest BCUT2D eigenvalue weighted by Crippen LogP contribution is 2.15. The van der Waals surface area contributed by atoms with Gasteiger partial charge in [-0.2, -0.15) is 0 Å². The number of ketones is 1. The molecule has 0 radical (unpaired) electrons. The molecule has 0 aliphatic rings. The average molecular weight is 356 g/mol. The molecule has 0 saturated carbocycles. The maximum Gasteiger partial charge on any atom is 0.341 e. The van der Waals surface area contributed by atoms with Crippen molar-refractivity contribution in [1.29, 1.82) is 0 Å². The molecule has 1 heterocycles. The molecule has 0 aliphatic carbocycles. The molecule has 0 atom stereocenters. The van der Waals surface area contributed by atoms with Crippen LogP contribution >= 0.6 is 11.6 Å². The minimum Gasteiger partial charge on any atom is -0.454 e. The van der Waals surface area contributed by atoms with Gasteiger partial charge in [0.05, 0.1) is 5.56 Å². The van der Waals surface area contributed by atoms with Crippen LogP contribution in [0.1, 0.15) is 20.7 Å². The third-order valence-corrected chi connectivity index (χ3v) is 3.37. The summed E-state index contributed by atoms with van der Waals surface area (Å²) in [6, 6.07) is 3.28. The third kappa shape index (κ3) is 3.35. The Bertz CT molecular complexity index is 950. The Morgan fingerprint density at radius 2 is 2.04 bits per heavy atom. The number of carbonyl (C=O) groups excluding carboxylic acids is 2. The molecule has 126 valence electrons. The number of hydrogen-bond acceptors (Lipinski definition) is 6. The molecule has 2 aromatic rings. The quantitative estimate of drug-likeness (QED) is 0.607. The Labute approximate surface area is 138 Å². The second-order valence-electron chi connectivity index (χ2n) is 4.70. The van der Waals surface area contributed by atoms with Gasteiger partial charge in [0.25, 0.3) is 5.56 Å². The monoisotopic (exact) mass is 355 g/mol. The van der Waals surface area contributed by atoms with Gasteiger partial charge in [0.15, 0.2) is 6.61 Å². The van der Waals surface area contributed by atoms with Gasteiger partial charge in [0, 0.05) is 12.1 Å². The Hall–Kier alpha value is -2.94. The number of nitrogens with zero attached hydrogens (tertiary/aromatic N) is 1. The molecule has 10 heteroatoms. The van der Waals surface area contributed by atoms with Crippen LogP contribution in [-0.2, 0) is 11.8 Å². The van der Waals surface area contributed by atoms with Gasteiger partial charge in [-0.1, -0.05) is 11.6 Å². The first-order chi connectivity index (χ1) is 11.2. The van der Waals surface area contributed by atoms with E-state index in [-0.39, 0.29) is 10.8 Å². The third-order valence-electron chi connectivity index (χ3n) is 3.13. The van der Waals surface area contributed by atoms with Crippen LogP contribution < -0.4 is 17.0 Å². The molecule has 0 unspecified atom stereocenters. The van der Waals surface area contributed by atoms with Crippen molar-refractivity contribution in [3.05, 3.63) is 61.0 Å². The smallest absolute Gasteiger partial charge is 0.341 e. The molecule has 24 heavy (non-hydrogen) atoms. The number of nitrogens with two attached hydrogens (primary N) is 1. The van der Waals surface area contributed by atoms with Crippen molar-refractivity contribution < 1.29 is 18.7 Å². The number of aromatic nitrogens is 2. The van der Waals surface area contributed by atoms with Crippen LogP contribution in [0.4, 0.5) is 10.2 Å². The number of Topliss-reactive ketones (excluding diaryl/α,β-unsaturated/α-hetero) is 1. The number of hydrogen-bond donors (Lipinski definition) is 2. The van der Waals surface area contributed by atoms with Crippen LogP contribution in [0.2, 0.25) is 5.02 Å². The standard InChI is InChI=1S/C14H11ClFN3O5/c1-19-11(17)10(12(21)18-14(19)23)9(20)5-24-13(22)7-3-2-6(15)4-8(7)16/h2-4H,5,17H2,1H3,(H,18,21,23). The summed E-state index contributed by atoms with van der Waals surface area (Å²) in [5.41, 5.74) is 2.80. The Morgan fingerprint density at radius 1 is 1.38 bits per heavy atom. The molecule has 0 bridgehead atoms. The van der Waals surface area contributed by atoms with Gasteiger partial charge in [-0.15, -0.1) is 0 Å². The fourth-order valence-corrected chi connectivity index (χ4v) is 2.00. The Kier molecular flexibility index (Phi) is 4.84. The van der Waals surface area contributed by atoms with Gasteiger partial charge < -0.3 is 10.5 Å². The highest BCUT2D eigenvalue weighted by atomic mass is 35.5. The number of ether oxygens (including phenoxy) is 1. The molecule has 1 aromatic heterocycles. The van der Waals surface area contributed by atoms with E-state index in [2.05, 4.69) is 4.74 Å². The van der Waals surface area contributed by atoms with E-state index in [1.165, 1.54) is 13.1 Å². The summed E-state index contributed by atoms with van der Waals surface area (Å²) in [5.74, 6) is -3.34. The number of esters is 1. The number of nitrogens with one attached hydrogen (secondary N) is 1. The van der Waals surface area contributed by atoms with E-state index in [4.69, 9.17) is 17.3 Å². The van der Waals surface area contributed by atoms with Crippen molar-refractivity contribution in [2.75, 3.05) is 12.3 Å². The van der Waals surface area contributed by atoms with E-state index in [1.807, 2.05) is 4.98 Å². The van der Waals surface area contributed by atoms with Crippen molar-refractivity contribution in [3.63, 3.8) is 0 Å². The second-order valence-corrected chi connectivity index (χ2v) is 5.14. The zero-order valence-electron chi connectivity index (χ0n) is 12.3. The van der Waals surface area contributed by atoms with Crippen LogP contribution in [0.5, 0.6) is 0 Å². The number of anilines is 1.